The second-order valence-electron chi connectivity index (χ2n) is 6.53. The highest BCUT2D eigenvalue weighted by Gasteiger charge is 2.32. The van der Waals surface area contributed by atoms with Crippen LogP contribution >= 0.6 is 0 Å². The van der Waals surface area contributed by atoms with E-state index in [1.165, 1.54) is 45.1 Å². The number of amides is 1. The van der Waals surface area contributed by atoms with Crippen molar-refractivity contribution in [1.29, 1.82) is 0 Å². The Morgan fingerprint density at radius 2 is 1.90 bits per heavy atom. The third-order valence-electron chi connectivity index (χ3n) is 5.30. The van der Waals surface area contributed by atoms with Crippen LogP contribution in [0.25, 0.3) is 0 Å². The highest BCUT2D eigenvalue weighted by Crippen LogP contribution is 2.30. The zero-order valence-electron chi connectivity index (χ0n) is 13.9. The predicted octanol–water partition coefficient (Wildman–Crippen LogP) is 2.15. The van der Waals surface area contributed by atoms with Crippen LogP contribution in [-0.4, -0.2) is 49.1 Å². The lowest BCUT2D eigenvalue weighted by Gasteiger charge is -2.36. The maximum absolute atomic E-state index is 12.1. The van der Waals surface area contributed by atoms with E-state index in [1.54, 1.807) is 0 Å². The van der Waals surface area contributed by atoms with Crippen LogP contribution in [0, 0.1) is 5.92 Å². The second-order valence-corrected chi connectivity index (χ2v) is 6.53. The minimum Gasteiger partial charge on any atom is -0.343 e. The number of hydrogen-bond acceptors (Lipinski definition) is 3. The van der Waals surface area contributed by atoms with Gasteiger partial charge in [-0.1, -0.05) is 12.8 Å². The van der Waals surface area contributed by atoms with Crippen LogP contribution in [0.1, 0.15) is 58.8 Å². The second kappa shape index (κ2) is 8.74. The molecule has 1 amide bonds. The van der Waals surface area contributed by atoms with Crippen LogP contribution in [0.4, 0.5) is 0 Å². The number of carbonyl (C=O) groups is 1. The van der Waals surface area contributed by atoms with Gasteiger partial charge in [0, 0.05) is 38.1 Å². The van der Waals surface area contributed by atoms with Gasteiger partial charge in [0.1, 0.15) is 0 Å². The number of carbonyl (C=O) groups excluding carboxylic acids is 1. The fourth-order valence-corrected chi connectivity index (χ4v) is 4.07. The van der Waals surface area contributed by atoms with Crippen molar-refractivity contribution in [2.75, 3.05) is 26.2 Å². The van der Waals surface area contributed by atoms with Crippen molar-refractivity contribution in [2.24, 2.45) is 5.92 Å². The smallest absolute Gasteiger partial charge is 0.223 e. The molecular weight excluding hydrogens is 262 g/mol. The molecule has 2 aliphatic rings. The first-order chi connectivity index (χ1) is 10.3. The number of nitrogens with one attached hydrogen (secondary N) is 2. The van der Waals surface area contributed by atoms with Crippen molar-refractivity contribution in [3.63, 3.8) is 0 Å². The summed E-state index contributed by atoms with van der Waals surface area (Å²) < 4.78 is 0. The van der Waals surface area contributed by atoms with Gasteiger partial charge in [-0.2, -0.15) is 0 Å². The fourth-order valence-electron chi connectivity index (χ4n) is 4.07. The van der Waals surface area contributed by atoms with Crippen molar-refractivity contribution in [3.05, 3.63) is 0 Å². The summed E-state index contributed by atoms with van der Waals surface area (Å²) in [5, 5.41) is 7.37. The SMILES string of the molecule is CCN(CC)C(=O)CCNC1CCCCC1C1CCCN1. The Kier molecular flexibility index (Phi) is 6.97. The summed E-state index contributed by atoms with van der Waals surface area (Å²) in [7, 11) is 0. The Hall–Kier alpha value is -0.610. The Morgan fingerprint density at radius 1 is 1.14 bits per heavy atom. The summed E-state index contributed by atoms with van der Waals surface area (Å²) in [4.78, 5) is 14.0. The van der Waals surface area contributed by atoms with Crippen LogP contribution in [-0.2, 0) is 4.79 Å². The maximum atomic E-state index is 12.1. The molecule has 1 saturated carbocycles. The molecular formula is C17H33N3O. The lowest BCUT2D eigenvalue weighted by Crippen LogP contribution is -2.47. The van der Waals surface area contributed by atoms with Crippen LogP contribution in [0.15, 0.2) is 0 Å². The molecule has 2 fully saturated rings. The van der Waals surface area contributed by atoms with Crippen LogP contribution in [0.2, 0.25) is 0 Å². The zero-order chi connectivity index (χ0) is 15.1. The lowest BCUT2D eigenvalue weighted by atomic mass is 9.79. The Bertz CT molecular complexity index is 311. The molecule has 1 aliphatic carbocycles. The van der Waals surface area contributed by atoms with E-state index in [-0.39, 0.29) is 0 Å². The normalized spacial score (nSPS) is 29.5. The molecule has 21 heavy (non-hydrogen) atoms. The quantitative estimate of drug-likeness (QED) is 0.756. The summed E-state index contributed by atoms with van der Waals surface area (Å²) in [5.41, 5.74) is 0. The van der Waals surface area contributed by atoms with E-state index >= 15 is 0 Å². The molecule has 3 unspecified atom stereocenters. The molecule has 0 radical (unpaired) electrons. The molecule has 2 N–H and O–H groups in total. The molecule has 0 spiro atoms. The standard InChI is InChI=1S/C17H33N3O/c1-3-20(4-2)17(21)11-13-19-15-9-6-5-8-14(15)16-10-7-12-18-16/h14-16,18-19H,3-13H2,1-2H3. The van der Waals surface area contributed by atoms with E-state index in [0.29, 0.717) is 24.4 Å². The minimum absolute atomic E-state index is 0.291. The first-order valence-electron chi connectivity index (χ1n) is 9.00. The molecule has 122 valence electrons. The molecule has 3 atom stereocenters. The topological polar surface area (TPSA) is 44.4 Å². The summed E-state index contributed by atoms with van der Waals surface area (Å²) in [6.07, 6.45) is 8.64. The van der Waals surface area contributed by atoms with Crippen molar-refractivity contribution < 1.29 is 4.79 Å². The van der Waals surface area contributed by atoms with Crippen molar-refractivity contribution in [1.82, 2.24) is 15.5 Å². The lowest BCUT2D eigenvalue weighted by molar-refractivity contribution is -0.130. The number of nitrogens with zero attached hydrogens (tertiary/aromatic N) is 1. The van der Waals surface area contributed by atoms with E-state index in [1.807, 2.05) is 4.90 Å². The van der Waals surface area contributed by atoms with Crippen LogP contribution in [0.3, 0.4) is 0 Å². The van der Waals surface area contributed by atoms with Crippen LogP contribution in [0.5, 0.6) is 0 Å². The predicted molar refractivity (Wildman–Crippen MR) is 87.3 cm³/mol. The summed E-state index contributed by atoms with van der Waals surface area (Å²) in [5.74, 6) is 1.06. The zero-order valence-corrected chi connectivity index (χ0v) is 13.9. The van der Waals surface area contributed by atoms with Gasteiger partial charge in [-0.25, -0.2) is 0 Å². The van der Waals surface area contributed by atoms with Crippen molar-refractivity contribution in [3.8, 4) is 0 Å². The first kappa shape index (κ1) is 16.8. The molecule has 0 bridgehead atoms. The molecule has 0 aromatic rings. The highest BCUT2D eigenvalue weighted by molar-refractivity contribution is 5.76. The first-order valence-corrected chi connectivity index (χ1v) is 9.00. The third-order valence-corrected chi connectivity index (χ3v) is 5.30. The maximum Gasteiger partial charge on any atom is 0.223 e. The van der Waals surface area contributed by atoms with Gasteiger partial charge in [-0.05, 0) is 52.0 Å². The van der Waals surface area contributed by atoms with Gasteiger partial charge >= 0.3 is 0 Å². The van der Waals surface area contributed by atoms with E-state index < -0.39 is 0 Å². The van der Waals surface area contributed by atoms with E-state index in [9.17, 15) is 4.79 Å². The van der Waals surface area contributed by atoms with Gasteiger partial charge in [0.05, 0.1) is 0 Å². The van der Waals surface area contributed by atoms with E-state index in [2.05, 4.69) is 24.5 Å². The summed E-state index contributed by atoms with van der Waals surface area (Å²) in [6, 6.07) is 1.32. The van der Waals surface area contributed by atoms with Crippen molar-refractivity contribution in [2.45, 2.75) is 70.9 Å². The average molecular weight is 295 g/mol. The molecule has 4 nitrogen and oxygen atoms in total. The van der Waals surface area contributed by atoms with E-state index in [4.69, 9.17) is 0 Å². The number of hydrogen-bond donors (Lipinski definition) is 2. The van der Waals surface area contributed by atoms with Gasteiger partial charge in [0.15, 0.2) is 0 Å². The molecule has 0 aromatic carbocycles. The monoisotopic (exact) mass is 295 g/mol. The average Bonchev–Trinajstić information content (AvgIpc) is 3.03. The highest BCUT2D eigenvalue weighted by atomic mass is 16.2. The van der Waals surface area contributed by atoms with Gasteiger partial charge in [0.25, 0.3) is 0 Å². The Morgan fingerprint density at radius 3 is 2.57 bits per heavy atom. The molecule has 1 saturated heterocycles. The minimum atomic E-state index is 0.291. The van der Waals surface area contributed by atoms with Crippen molar-refractivity contribution >= 4 is 5.91 Å². The summed E-state index contributed by atoms with van der Waals surface area (Å²) >= 11 is 0. The summed E-state index contributed by atoms with van der Waals surface area (Å²) in [6.45, 7) is 7.79. The van der Waals surface area contributed by atoms with Crippen LogP contribution < -0.4 is 10.6 Å². The molecule has 1 aliphatic heterocycles. The fraction of sp³-hybridized carbons (Fsp3) is 0.941. The number of rotatable bonds is 7. The molecule has 1 heterocycles. The molecule has 4 heteroatoms. The van der Waals surface area contributed by atoms with Gasteiger partial charge in [-0.3, -0.25) is 4.79 Å². The van der Waals surface area contributed by atoms with Gasteiger partial charge < -0.3 is 15.5 Å². The van der Waals surface area contributed by atoms with E-state index in [0.717, 1.165) is 25.6 Å². The van der Waals surface area contributed by atoms with Gasteiger partial charge in [0.2, 0.25) is 5.91 Å². The third kappa shape index (κ3) is 4.68. The Labute approximate surface area is 130 Å². The Balaban J connectivity index is 1.76. The van der Waals surface area contributed by atoms with Gasteiger partial charge in [-0.15, -0.1) is 0 Å². The molecule has 0 aromatic heterocycles. The largest absolute Gasteiger partial charge is 0.343 e. The molecule has 2 rings (SSSR count).